The topological polar surface area (TPSA) is 67.9 Å². The van der Waals surface area contributed by atoms with Crippen molar-refractivity contribution in [1.29, 1.82) is 0 Å². The summed E-state index contributed by atoms with van der Waals surface area (Å²) < 4.78 is 5.19. The number of fused-ring (bicyclic) bond motifs is 1. The number of rotatable bonds is 5. The second-order valence-corrected chi connectivity index (χ2v) is 7.48. The van der Waals surface area contributed by atoms with Gasteiger partial charge in [-0.2, -0.15) is 0 Å². The molecule has 0 amide bonds. The van der Waals surface area contributed by atoms with Gasteiger partial charge in [-0.1, -0.05) is 23.4 Å². The number of methoxy groups -OCH3 is 1. The van der Waals surface area contributed by atoms with Crippen LogP contribution in [0.5, 0.6) is 5.75 Å². The highest BCUT2D eigenvalue weighted by atomic mass is 35.5. The molecule has 7 heteroatoms. The monoisotopic (exact) mass is 409 g/mol. The molecule has 0 bridgehead atoms. The van der Waals surface area contributed by atoms with Crippen LogP contribution in [0, 0.1) is 0 Å². The largest absolute Gasteiger partial charge is 0.497 e. The van der Waals surface area contributed by atoms with Crippen molar-refractivity contribution in [3.8, 4) is 17.0 Å². The van der Waals surface area contributed by atoms with E-state index >= 15 is 0 Å². The molecule has 28 heavy (non-hydrogen) atoms. The number of aromatic nitrogens is 3. The molecule has 0 fully saturated rings. The molecule has 0 unspecified atom stereocenters. The summed E-state index contributed by atoms with van der Waals surface area (Å²) in [6, 6.07) is 16.8. The van der Waals surface area contributed by atoms with E-state index in [4.69, 9.17) is 16.3 Å². The van der Waals surface area contributed by atoms with Crippen LogP contribution < -0.4 is 10.3 Å². The summed E-state index contributed by atoms with van der Waals surface area (Å²) in [5, 5.41) is 2.14. The van der Waals surface area contributed by atoms with Crippen molar-refractivity contribution < 1.29 is 4.74 Å². The molecule has 4 aromatic rings. The van der Waals surface area contributed by atoms with Crippen LogP contribution in [0.2, 0.25) is 5.02 Å². The number of thioether (sulfide) groups is 1. The lowest BCUT2D eigenvalue weighted by Gasteiger charge is -2.06. The van der Waals surface area contributed by atoms with Crippen LogP contribution >= 0.6 is 23.4 Å². The summed E-state index contributed by atoms with van der Waals surface area (Å²) in [6.45, 7) is 0. The molecule has 2 aromatic carbocycles. The molecule has 1 N–H and O–H groups in total. The molecule has 5 nitrogen and oxygen atoms in total. The highest BCUT2D eigenvalue weighted by molar-refractivity contribution is 7.98. The van der Waals surface area contributed by atoms with E-state index in [1.807, 2.05) is 42.5 Å². The molecule has 0 atom stereocenters. The fourth-order valence-electron chi connectivity index (χ4n) is 2.81. The first-order valence-electron chi connectivity index (χ1n) is 8.54. The van der Waals surface area contributed by atoms with Gasteiger partial charge in [-0.3, -0.25) is 4.79 Å². The molecule has 0 saturated heterocycles. The molecule has 4 rings (SSSR count). The molecule has 0 spiro atoms. The minimum Gasteiger partial charge on any atom is -0.497 e. The zero-order chi connectivity index (χ0) is 19.5. The summed E-state index contributed by atoms with van der Waals surface area (Å²) in [4.78, 5) is 24.1. The Balaban J connectivity index is 1.56. The molecule has 0 aliphatic rings. The van der Waals surface area contributed by atoms with Gasteiger partial charge in [0.05, 0.1) is 12.8 Å². The Morgan fingerprint density at radius 3 is 2.71 bits per heavy atom. The van der Waals surface area contributed by atoms with E-state index in [9.17, 15) is 4.79 Å². The Kier molecular flexibility index (Phi) is 5.32. The first-order chi connectivity index (χ1) is 13.6. The third-order valence-corrected chi connectivity index (χ3v) is 5.40. The van der Waals surface area contributed by atoms with Gasteiger partial charge in [0, 0.05) is 33.6 Å². The lowest BCUT2D eigenvalue weighted by molar-refractivity contribution is 0.415. The van der Waals surface area contributed by atoms with Crippen LogP contribution in [0.1, 0.15) is 5.56 Å². The van der Waals surface area contributed by atoms with Crippen molar-refractivity contribution in [1.82, 2.24) is 15.0 Å². The van der Waals surface area contributed by atoms with Gasteiger partial charge in [-0.05, 0) is 60.0 Å². The highest BCUT2D eigenvalue weighted by Crippen LogP contribution is 2.25. The summed E-state index contributed by atoms with van der Waals surface area (Å²) in [5.74, 6) is 1.26. The van der Waals surface area contributed by atoms with Gasteiger partial charge in [-0.15, -0.1) is 0 Å². The van der Waals surface area contributed by atoms with E-state index in [1.165, 1.54) is 11.8 Å². The van der Waals surface area contributed by atoms with Crippen molar-refractivity contribution in [2.45, 2.75) is 10.9 Å². The lowest BCUT2D eigenvalue weighted by Crippen LogP contribution is -2.11. The van der Waals surface area contributed by atoms with Gasteiger partial charge < -0.3 is 9.72 Å². The van der Waals surface area contributed by atoms with Crippen LogP contribution in [0.4, 0.5) is 0 Å². The van der Waals surface area contributed by atoms with E-state index in [0.29, 0.717) is 21.5 Å². The van der Waals surface area contributed by atoms with E-state index in [0.717, 1.165) is 27.9 Å². The highest BCUT2D eigenvalue weighted by Gasteiger charge is 2.08. The first kappa shape index (κ1) is 18.5. The molecule has 0 radical (unpaired) electrons. The minimum atomic E-state index is -0.117. The van der Waals surface area contributed by atoms with E-state index < -0.39 is 0 Å². The van der Waals surface area contributed by atoms with Crippen LogP contribution in [-0.2, 0) is 5.75 Å². The number of ether oxygens (including phenoxy) is 1. The second-order valence-electron chi connectivity index (χ2n) is 6.10. The standard InChI is InChI=1S/C21H16ClN3O2S/c1-27-17-5-2-13(3-6-17)19-8-9-23-21(25-19)28-12-15-10-14-11-16(22)4-7-18(14)24-20(15)26/h2-11H,12H2,1H3,(H,24,26). The summed E-state index contributed by atoms with van der Waals surface area (Å²) >= 11 is 7.47. The number of H-pyrrole nitrogens is 1. The van der Waals surface area contributed by atoms with Crippen molar-refractivity contribution in [3.05, 3.63) is 81.7 Å². The molecule has 2 heterocycles. The smallest absolute Gasteiger partial charge is 0.252 e. The number of aromatic amines is 1. The average molecular weight is 410 g/mol. The summed E-state index contributed by atoms with van der Waals surface area (Å²) in [6.07, 6.45) is 1.72. The van der Waals surface area contributed by atoms with Crippen molar-refractivity contribution in [2.24, 2.45) is 0 Å². The molecular formula is C21H16ClN3O2S. The number of nitrogens with zero attached hydrogens (tertiary/aromatic N) is 2. The van der Waals surface area contributed by atoms with Crippen LogP contribution in [0.25, 0.3) is 22.2 Å². The number of nitrogens with one attached hydrogen (secondary N) is 1. The van der Waals surface area contributed by atoms with Crippen LogP contribution in [0.15, 0.2) is 70.7 Å². The fraction of sp³-hybridized carbons (Fsp3) is 0.0952. The predicted octanol–water partition coefficient (Wildman–Crippen LogP) is 4.94. The number of pyridine rings is 1. The average Bonchev–Trinajstić information content (AvgIpc) is 2.73. The predicted molar refractivity (Wildman–Crippen MR) is 113 cm³/mol. The fourth-order valence-corrected chi connectivity index (χ4v) is 3.78. The summed E-state index contributed by atoms with van der Waals surface area (Å²) in [7, 11) is 1.64. The van der Waals surface area contributed by atoms with E-state index in [-0.39, 0.29) is 5.56 Å². The molecule has 140 valence electrons. The molecule has 2 aromatic heterocycles. The minimum absolute atomic E-state index is 0.117. The van der Waals surface area contributed by atoms with E-state index in [1.54, 1.807) is 25.4 Å². The molecule has 0 aliphatic heterocycles. The van der Waals surface area contributed by atoms with Gasteiger partial charge in [-0.25, -0.2) is 9.97 Å². The maximum Gasteiger partial charge on any atom is 0.252 e. The van der Waals surface area contributed by atoms with E-state index in [2.05, 4.69) is 15.0 Å². The number of benzene rings is 2. The van der Waals surface area contributed by atoms with Crippen molar-refractivity contribution in [3.63, 3.8) is 0 Å². The zero-order valence-electron chi connectivity index (χ0n) is 15.0. The van der Waals surface area contributed by atoms with Crippen LogP contribution in [0.3, 0.4) is 0 Å². The van der Waals surface area contributed by atoms with Crippen molar-refractivity contribution in [2.75, 3.05) is 7.11 Å². The molecule has 0 aliphatic carbocycles. The normalized spacial score (nSPS) is 10.9. The lowest BCUT2D eigenvalue weighted by atomic mass is 10.1. The van der Waals surface area contributed by atoms with Crippen LogP contribution in [-0.4, -0.2) is 22.1 Å². The Morgan fingerprint density at radius 2 is 1.93 bits per heavy atom. The van der Waals surface area contributed by atoms with Gasteiger partial charge >= 0.3 is 0 Å². The maximum absolute atomic E-state index is 12.3. The number of hydrogen-bond acceptors (Lipinski definition) is 5. The second kappa shape index (κ2) is 8.04. The Bertz CT molecular complexity index is 1190. The SMILES string of the molecule is COc1ccc(-c2ccnc(SCc3cc4cc(Cl)ccc4[nH]c3=O)n2)cc1. The Hall–Kier alpha value is -2.83. The van der Waals surface area contributed by atoms with Gasteiger partial charge in [0.25, 0.3) is 5.56 Å². The third kappa shape index (κ3) is 4.03. The van der Waals surface area contributed by atoms with Gasteiger partial charge in [0.15, 0.2) is 5.16 Å². The number of hydrogen-bond donors (Lipinski definition) is 1. The van der Waals surface area contributed by atoms with Gasteiger partial charge in [0.1, 0.15) is 5.75 Å². The quantitative estimate of drug-likeness (QED) is 0.373. The Morgan fingerprint density at radius 1 is 1.11 bits per heavy atom. The summed E-state index contributed by atoms with van der Waals surface area (Å²) in [5.41, 5.74) is 3.09. The molecule has 0 saturated carbocycles. The number of halogens is 1. The van der Waals surface area contributed by atoms with Gasteiger partial charge in [0.2, 0.25) is 0 Å². The molecular weight excluding hydrogens is 394 g/mol. The zero-order valence-corrected chi connectivity index (χ0v) is 16.6. The first-order valence-corrected chi connectivity index (χ1v) is 9.90. The third-order valence-electron chi connectivity index (χ3n) is 4.26. The Labute approximate surface area is 170 Å². The van der Waals surface area contributed by atoms with Crippen molar-refractivity contribution >= 4 is 34.3 Å². The maximum atomic E-state index is 12.3.